The lowest BCUT2D eigenvalue weighted by Gasteiger charge is -2.08. The lowest BCUT2D eigenvalue weighted by atomic mass is 10.3. The van der Waals surface area contributed by atoms with Gasteiger partial charge >= 0.3 is 0 Å². The Bertz CT molecular complexity index is 861. The summed E-state index contributed by atoms with van der Waals surface area (Å²) in [4.78, 5) is 3.15. The average molecular weight is 355 g/mol. The first-order valence-corrected chi connectivity index (χ1v) is 7.36. The number of imidazole rings is 1. The van der Waals surface area contributed by atoms with E-state index in [1.54, 1.807) is 10.6 Å². The fourth-order valence-corrected chi connectivity index (χ4v) is 3.01. The van der Waals surface area contributed by atoms with Gasteiger partial charge in [-0.1, -0.05) is 0 Å². The van der Waals surface area contributed by atoms with Gasteiger partial charge in [0.1, 0.15) is 11.3 Å². The van der Waals surface area contributed by atoms with Crippen molar-refractivity contribution in [1.82, 2.24) is 19.3 Å². The van der Waals surface area contributed by atoms with Crippen LogP contribution in [0.4, 0.5) is 4.39 Å². The second kappa shape index (κ2) is 4.82. The van der Waals surface area contributed by atoms with Crippen molar-refractivity contribution in [3.05, 3.63) is 39.0 Å². The topological polar surface area (TPSA) is 38.5 Å². The van der Waals surface area contributed by atoms with Gasteiger partial charge in [-0.3, -0.25) is 4.57 Å². The molecule has 1 aromatic carbocycles. The molecule has 0 fully saturated rings. The van der Waals surface area contributed by atoms with Gasteiger partial charge in [-0.15, -0.1) is 0 Å². The number of H-pyrrole nitrogens is 1. The first-order valence-electron chi connectivity index (χ1n) is 6.16. The molecule has 0 saturated heterocycles. The zero-order valence-electron chi connectivity index (χ0n) is 10.9. The lowest BCUT2D eigenvalue weighted by Crippen LogP contribution is -2.04. The zero-order valence-corrected chi connectivity index (χ0v) is 13.3. The van der Waals surface area contributed by atoms with Crippen LogP contribution in [0.25, 0.3) is 16.9 Å². The van der Waals surface area contributed by atoms with Crippen LogP contribution >= 0.6 is 28.1 Å². The molecule has 0 bridgehead atoms. The largest absolute Gasteiger partial charge is 0.327 e. The van der Waals surface area contributed by atoms with E-state index in [0.717, 1.165) is 21.3 Å². The van der Waals surface area contributed by atoms with E-state index in [0.29, 0.717) is 17.0 Å². The van der Waals surface area contributed by atoms with Crippen molar-refractivity contribution >= 4 is 39.3 Å². The van der Waals surface area contributed by atoms with Crippen LogP contribution in [0.15, 0.2) is 22.7 Å². The average Bonchev–Trinajstić information content (AvgIpc) is 2.90. The predicted octanol–water partition coefficient (Wildman–Crippen LogP) is 4.11. The molecule has 104 valence electrons. The predicted molar refractivity (Wildman–Crippen MR) is 82.3 cm³/mol. The van der Waals surface area contributed by atoms with Gasteiger partial charge in [-0.2, -0.15) is 5.10 Å². The minimum absolute atomic E-state index is 0.307. The molecule has 2 heterocycles. The third-order valence-electron chi connectivity index (χ3n) is 3.20. The molecule has 0 radical (unpaired) electrons. The van der Waals surface area contributed by atoms with E-state index in [1.165, 1.54) is 12.1 Å². The molecule has 0 spiro atoms. The number of benzene rings is 1. The van der Waals surface area contributed by atoms with Crippen molar-refractivity contribution in [3.63, 3.8) is 0 Å². The minimum Gasteiger partial charge on any atom is -0.327 e. The number of fused-ring (bicyclic) bond motifs is 1. The standard InChI is InChI=1S/C13H12BrFN4S/c1-3-18-12-11(7(2)17-18)16-13(20)19(12)10-6-8(15)4-5-9(10)14/h4-6H,3H2,1-2H3,(H,16,20). The molecule has 4 nitrogen and oxygen atoms in total. The Morgan fingerprint density at radius 2 is 2.20 bits per heavy atom. The molecule has 0 amide bonds. The SMILES string of the molecule is CCn1nc(C)c2[nH]c(=S)n(-c3cc(F)ccc3Br)c21. The number of nitrogens with zero attached hydrogens (tertiary/aromatic N) is 3. The molecule has 1 N–H and O–H groups in total. The third kappa shape index (κ3) is 1.92. The maximum Gasteiger partial charge on any atom is 0.184 e. The minimum atomic E-state index is -0.307. The summed E-state index contributed by atoms with van der Waals surface area (Å²) >= 11 is 8.83. The molecule has 0 saturated carbocycles. The first-order chi connectivity index (χ1) is 9.52. The van der Waals surface area contributed by atoms with E-state index in [-0.39, 0.29) is 5.82 Å². The summed E-state index contributed by atoms with van der Waals surface area (Å²) in [7, 11) is 0. The number of aromatic nitrogens is 4. The number of aromatic amines is 1. The second-order valence-electron chi connectivity index (χ2n) is 4.46. The second-order valence-corrected chi connectivity index (χ2v) is 5.70. The number of halogens is 2. The van der Waals surface area contributed by atoms with Crippen LogP contribution in [-0.2, 0) is 6.54 Å². The molecule has 3 aromatic rings. The fourth-order valence-electron chi connectivity index (χ4n) is 2.30. The monoisotopic (exact) mass is 354 g/mol. The Balaban J connectivity index is 2.44. The van der Waals surface area contributed by atoms with Gasteiger partial charge in [-0.05, 0) is 60.2 Å². The molecule has 0 unspecified atom stereocenters. The van der Waals surface area contributed by atoms with Gasteiger partial charge in [0.25, 0.3) is 0 Å². The number of aryl methyl sites for hydroxylation is 2. The molecule has 0 aliphatic rings. The molecule has 0 aliphatic carbocycles. The number of rotatable bonds is 2. The highest BCUT2D eigenvalue weighted by molar-refractivity contribution is 9.10. The van der Waals surface area contributed by atoms with Crippen molar-refractivity contribution in [2.24, 2.45) is 0 Å². The number of hydrogen-bond donors (Lipinski definition) is 1. The van der Waals surface area contributed by atoms with Gasteiger partial charge in [0, 0.05) is 11.0 Å². The Labute approximate surface area is 128 Å². The maximum absolute atomic E-state index is 13.6. The Morgan fingerprint density at radius 1 is 1.45 bits per heavy atom. The molecular weight excluding hydrogens is 343 g/mol. The normalized spacial score (nSPS) is 11.4. The first kappa shape index (κ1) is 13.5. The van der Waals surface area contributed by atoms with Crippen LogP contribution in [0.2, 0.25) is 0 Å². The Morgan fingerprint density at radius 3 is 2.90 bits per heavy atom. The van der Waals surface area contributed by atoms with Crippen LogP contribution in [-0.4, -0.2) is 19.3 Å². The number of hydrogen-bond acceptors (Lipinski definition) is 2. The highest BCUT2D eigenvalue weighted by atomic mass is 79.9. The van der Waals surface area contributed by atoms with Crippen molar-refractivity contribution in [2.75, 3.05) is 0 Å². The quantitative estimate of drug-likeness (QED) is 0.703. The van der Waals surface area contributed by atoms with Crippen molar-refractivity contribution in [3.8, 4) is 5.69 Å². The van der Waals surface area contributed by atoms with Crippen molar-refractivity contribution < 1.29 is 4.39 Å². The summed E-state index contributed by atoms with van der Waals surface area (Å²) in [6.45, 7) is 4.64. The molecular formula is C13H12BrFN4S. The maximum atomic E-state index is 13.6. The van der Waals surface area contributed by atoms with E-state index in [9.17, 15) is 4.39 Å². The Kier molecular flexibility index (Phi) is 3.25. The molecule has 7 heteroatoms. The zero-order chi connectivity index (χ0) is 14.4. The van der Waals surface area contributed by atoms with E-state index in [4.69, 9.17) is 12.2 Å². The van der Waals surface area contributed by atoms with Crippen molar-refractivity contribution in [2.45, 2.75) is 20.4 Å². The lowest BCUT2D eigenvalue weighted by molar-refractivity contribution is 0.625. The van der Waals surface area contributed by atoms with Crippen LogP contribution in [0.1, 0.15) is 12.6 Å². The van der Waals surface area contributed by atoms with Crippen LogP contribution in [0.5, 0.6) is 0 Å². The van der Waals surface area contributed by atoms with E-state index in [2.05, 4.69) is 26.0 Å². The van der Waals surface area contributed by atoms with Crippen LogP contribution in [0, 0.1) is 17.5 Å². The molecule has 0 aliphatic heterocycles. The highest BCUT2D eigenvalue weighted by Crippen LogP contribution is 2.27. The molecule has 20 heavy (non-hydrogen) atoms. The van der Waals surface area contributed by atoms with Gasteiger partial charge in [0.05, 0.1) is 11.4 Å². The third-order valence-corrected chi connectivity index (χ3v) is 4.15. The van der Waals surface area contributed by atoms with Gasteiger partial charge in [-0.25, -0.2) is 9.07 Å². The highest BCUT2D eigenvalue weighted by Gasteiger charge is 2.17. The van der Waals surface area contributed by atoms with Crippen molar-refractivity contribution in [1.29, 1.82) is 0 Å². The van der Waals surface area contributed by atoms with E-state index >= 15 is 0 Å². The Hall–Kier alpha value is -1.47. The number of nitrogens with one attached hydrogen (secondary N) is 1. The molecule has 0 atom stereocenters. The summed E-state index contributed by atoms with van der Waals surface area (Å²) < 4.78 is 18.5. The summed E-state index contributed by atoms with van der Waals surface area (Å²) in [5.41, 5.74) is 3.27. The summed E-state index contributed by atoms with van der Waals surface area (Å²) in [6, 6.07) is 4.53. The smallest absolute Gasteiger partial charge is 0.184 e. The summed E-state index contributed by atoms with van der Waals surface area (Å²) in [6.07, 6.45) is 0. The van der Waals surface area contributed by atoms with Gasteiger partial charge < -0.3 is 4.98 Å². The summed E-state index contributed by atoms with van der Waals surface area (Å²) in [5.74, 6) is -0.307. The molecule has 2 aromatic heterocycles. The molecule has 3 rings (SSSR count). The van der Waals surface area contributed by atoms with Gasteiger partial charge in [0.15, 0.2) is 10.4 Å². The summed E-state index contributed by atoms with van der Waals surface area (Å²) in [5, 5.41) is 4.46. The van der Waals surface area contributed by atoms with E-state index < -0.39 is 0 Å². The van der Waals surface area contributed by atoms with Gasteiger partial charge in [0.2, 0.25) is 0 Å². The van der Waals surface area contributed by atoms with Crippen LogP contribution < -0.4 is 0 Å². The van der Waals surface area contributed by atoms with Crippen LogP contribution in [0.3, 0.4) is 0 Å². The fraction of sp³-hybridized carbons (Fsp3) is 0.231. The van der Waals surface area contributed by atoms with E-state index in [1.807, 2.05) is 18.5 Å².